The summed E-state index contributed by atoms with van der Waals surface area (Å²) >= 11 is 0. The quantitative estimate of drug-likeness (QED) is 0.471. The van der Waals surface area contributed by atoms with Gasteiger partial charge in [0, 0.05) is 6.61 Å². The molecule has 0 aromatic carbocycles. The third kappa shape index (κ3) is 3.64. The molecule has 0 unspecified atom stereocenters. The molecule has 0 bridgehead atoms. The molecule has 0 saturated carbocycles. The van der Waals surface area contributed by atoms with Crippen molar-refractivity contribution in [3.8, 4) is 0 Å². The van der Waals surface area contributed by atoms with Crippen LogP contribution in [-0.2, 0) is 14.3 Å². The van der Waals surface area contributed by atoms with E-state index in [0.29, 0.717) is 6.61 Å². The number of aldehydes is 1. The van der Waals surface area contributed by atoms with Gasteiger partial charge in [0.05, 0.1) is 6.61 Å². The first kappa shape index (κ1) is 9.42. The smallest absolute Gasteiger partial charge is 0.157 e. The molecule has 0 N–H and O–H groups in total. The summed E-state index contributed by atoms with van der Waals surface area (Å²) in [6.07, 6.45) is 7.06. The van der Waals surface area contributed by atoms with E-state index in [1.807, 2.05) is 0 Å². The molecule has 1 rings (SSSR count). The zero-order valence-corrected chi connectivity index (χ0v) is 7.07. The van der Waals surface area contributed by atoms with E-state index in [-0.39, 0.29) is 6.29 Å². The van der Waals surface area contributed by atoms with E-state index < -0.39 is 0 Å². The number of ether oxygens (including phenoxy) is 2. The molecule has 0 radical (unpaired) electrons. The Morgan fingerprint density at radius 1 is 1.50 bits per heavy atom. The molecule has 3 heteroatoms. The molecule has 0 aromatic heterocycles. The second-order valence-corrected chi connectivity index (χ2v) is 2.69. The predicted octanol–water partition coefficient (Wildman–Crippen LogP) is 1.28. The summed E-state index contributed by atoms with van der Waals surface area (Å²) in [6.45, 7) is 1.26. The monoisotopic (exact) mass is 170 g/mol. The molecule has 1 fully saturated rings. The van der Waals surface area contributed by atoms with E-state index in [9.17, 15) is 4.79 Å². The maximum absolute atomic E-state index is 9.88. The van der Waals surface area contributed by atoms with Gasteiger partial charge < -0.3 is 9.47 Å². The number of hydrogen-bond donors (Lipinski definition) is 0. The Hall–Kier alpha value is -0.670. The van der Waals surface area contributed by atoms with Gasteiger partial charge in [-0.3, -0.25) is 4.79 Å². The van der Waals surface area contributed by atoms with Crippen molar-refractivity contribution < 1.29 is 14.3 Å². The maximum Gasteiger partial charge on any atom is 0.157 e. The summed E-state index contributed by atoms with van der Waals surface area (Å²) in [6, 6.07) is 0. The van der Waals surface area contributed by atoms with Gasteiger partial charge in [0.1, 0.15) is 6.29 Å². The molecule has 1 atom stereocenters. The zero-order chi connectivity index (χ0) is 8.65. The molecule has 0 aliphatic carbocycles. The molecule has 3 nitrogen and oxygen atoms in total. The van der Waals surface area contributed by atoms with Crippen LogP contribution >= 0.6 is 0 Å². The first-order chi connectivity index (χ1) is 5.93. The van der Waals surface area contributed by atoms with Crippen LogP contribution in [0, 0.1) is 0 Å². The fraction of sp³-hybridized carbons (Fsp3) is 0.667. The summed E-state index contributed by atoms with van der Waals surface area (Å²) in [4.78, 5) is 9.88. The first-order valence-electron chi connectivity index (χ1n) is 4.27. The van der Waals surface area contributed by atoms with Crippen LogP contribution in [0.15, 0.2) is 12.2 Å². The van der Waals surface area contributed by atoms with Crippen molar-refractivity contribution in [2.75, 3.05) is 13.2 Å². The van der Waals surface area contributed by atoms with Crippen LogP contribution in [0.1, 0.15) is 19.3 Å². The van der Waals surface area contributed by atoms with Gasteiger partial charge >= 0.3 is 0 Å². The van der Waals surface area contributed by atoms with Crippen LogP contribution in [-0.4, -0.2) is 25.8 Å². The topological polar surface area (TPSA) is 35.5 Å². The van der Waals surface area contributed by atoms with Crippen LogP contribution in [0.4, 0.5) is 0 Å². The number of carbonyl (C=O) groups excluding carboxylic acids is 1. The second kappa shape index (κ2) is 5.91. The molecule has 1 aliphatic heterocycles. The predicted molar refractivity (Wildman–Crippen MR) is 44.7 cm³/mol. The number of allylic oxidation sites excluding steroid dienone is 1. The fourth-order valence-electron chi connectivity index (χ4n) is 1.12. The van der Waals surface area contributed by atoms with Gasteiger partial charge in [-0.2, -0.15) is 0 Å². The molecule has 1 aliphatic rings. The average Bonchev–Trinajstić information content (AvgIpc) is 2.14. The Morgan fingerprint density at radius 3 is 3.08 bits per heavy atom. The lowest BCUT2D eigenvalue weighted by atomic mass is 10.2. The van der Waals surface area contributed by atoms with Gasteiger partial charge in [-0.15, -0.1) is 0 Å². The standard InChI is InChI=1S/C9H14O3/c10-6-2-4-8-12-9-5-1-3-7-11-9/h2,4,6,9H,1,3,5,7-8H2/b4-2+/t9-/m0/s1. The molecule has 0 aromatic rings. The van der Waals surface area contributed by atoms with E-state index in [1.54, 1.807) is 6.08 Å². The van der Waals surface area contributed by atoms with E-state index in [0.717, 1.165) is 25.7 Å². The van der Waals surface area contributed by atoms with Gasteiger partial charge in [-0.05, 0) is 25.3 Å². The van der Waals surface area contributed by atoms with Gasteiger partial charge in [0.25, 0.3) is 0 Å². The average molecular weight is 170 g/mol. The highest BCUT2D eigenvalue weighted by molar-refractivity contribution is 5.64. The molecule has 1 heterocycles. The Labute approximate surface area is 72.4 Å². The molecule has 1 saturated heterocycles. The minimum absolute atomic E-state index is 0.0601. The van der Waals surface area contributed by atoms with Gasteiger partial charge in [-0.25, -0.2) is 0 Å². The molecule has 12 heavy (non-hydrogen) atoms. The summed E-state index contributed by atoms with van der Waals surface area (Å²) < 4.78 is 10.6. The molecule has 0 spiro atoms. The minimum atomic E-state index is -0.0601. The van der Waals surface area contributed by atoms with Crippen molar-refractivity contribution in [3.05, 3.63) is 12.2 Å². The summed E-state index contributed by atoms with van der Waals surface area (Å²) in [5.74, 6) is 0. The molecule has 0 amide bonds. The van der Waals surface area contributed by atoms with Crippen LogP contribution in [0.25, 0.3) is 0 Å². The van der Waals surface area contributed by atoms with Crippen molar-refractivity contribution in [3.63, 3.8) is 0 Å². The first-order valence-corrected chi connectivity index (χ1v) is 4.27. The van der Waals surface area contributed by atoms with Crippen LogP contribution in [0.5, 0.6) is 0 Å². The van der Waals surface area contributed by atoms with E-state index >= 15 is 0 Å². The highest BCUT2D eigenvalue weighted by atomic mass is 16.7. The Balaban J connectivity index is 2.05. The summed E-state index contributed by atoms with van der Waals surface area (Å²) in [7, 11) is 0. The lowest BCUT2D eigenvalue weighted by Gasteiger charge is -2.21. The highest BCUT2D eigenvalue weighted by Gasteiger charge is 2.12. The van der Waals surface area contributed by atoms with E-state index in [2.05, 4.69) is 0 Å². The van der Waals surface area contributed by atoms with Crippen LogP contribution < -0.4 is 0 Å². The minimum Gasteiger partial charge on any atom is -0.353 e. The Bertz CT molecular complexity index is 148. The Kier molecular flexibility index (Phi) is 4.64. The van der Waals surface area contributed by atoms with Crippen molar-refractivity contribution in [2.24, 2.45) is 0 Å². The second-order valence-electron chi connectivity index (χ2n) is 2.69. The zero-order valence-electron chi connectivity index (χ0n) is 7.07. The molecule has 68 valence electrons. The lowest BCUT2D eigenvalue weighted by molar-refractivity contribution is -0.155. The van der Waals surface area contributed by atoms with E-state index in [4.69, 9.17) is 9.47 Å². The maximum atomic E-state index is 9.88. The SMILES string of the molecule is O=C/C=C/CO[C@H]1CCCCO1. The summed E-state index contributed by atoms with van der Waals surface area (Å²) in [5, 5.41) is 0. The Morgan fingerprint density at radius 2 is 2.42 bits per heavy atom. The van der Waals surface area contributed by atoms with Gasteiger partial charge in [-0.1, -0.05) is 6.08 Å². The van der Waals surface area contributed by atoms with E-state index in [1.165, 1.54) is 12.5 Å². The highest BCUT2D eigenvalue weighted by Crippen LogP contribution is 2.13. The van der Waals surface area contributed by atoms with Crippen LogP contribution in [0.2, 0.25) is 0 Å². The molecular formula is C9H14O3. The third-order valence-corrected chi connectivity index (χ3v) is 1.73. The summed E-state index contributed by atoms with van der Waals surface area (Å²) in [5.41, 5.74) is 0. The molecular weight excluding hydrogens is 156 g/mol. The third-order valence-electron chi connectivity index (χ3n) is 1.73. The van der Waals surface area contributed by atoms with Crippen molar-refractivity contribution in [2.45, 2.75) is 25.6 Å². The lowest BCUT2D eigenvalue weighted by Crippen LogP contribution is -2.22. The number of hydrogen-bond acceptors (Lipinski definition) is 3. The number of rotatable bonds is 4. The largest absolute Gasteiger partial charge is 0.353 e. The van der Waals surface area contributed by atoms with Crippen LogP contribution in [0.3, 0.4) is 0 Å². The number of carbonyl (C=O) groups is 1. The normalized spacial score (nSPS) is 24.5. The fourth-order valence-corrected chi connectivity index (χ4v) is 1.12. The van der Waals surface area contributed by atoms with Crippen molar-refractivity contribution in [1.82, 2.24) is 0 Å². The van der Waals surface area contributed by atoms with Crippen molar-refractivity contribution in [1.29, 1.82) is 0 Å². The van der Waals surface area contributed by atoms with Crippen molar-refractivity contribution >= 4 is 6.29 Å². The van der Waals surface area contributed by atoms with Gasteiger partial charge in [0.2, 0.25) is 0 Å². The van der Waals surface area contributed by atoms with Gasteiger partial charge in [0.15, 0.2) is 6.29 Å².